The van der Waals surface area contributed by atoms with E-state index in [0.717, 1.165) is 0 Å². The van der Waals surface area contributed by atoms with E-state index < -0.39 is 0 Å². The molecule has 0 unspecified atom stereocenters. The highest BCUT2D eigenvalue weighted by atomic mass is 16.2. The Hall–Kier alpha value is -0.860. The molecule has 0 heterocycles. The van der Waals surface area contributed by atoms with E-state index in [1.54, 1.807) is 4.90 Å². The van der Waals surface area contributed by atoms with Crippen LogP contribution >= 0.6 is 0 Å². The summed E-state index contributed by atoms with van der Waals surface area (Å²) in [4.78, 5) is 23.7. The second-order valence-corrected chi connectivity index (χ2v) is 2.84. The summed E-state index contributed by atoms with van der Waals surface area (Å²) in [7, 11) is 0. The third-order valence-electron chi connectivity index (χ3n) is 1.98. The maximum Gasteiger partial charge on any atom is 0.220 e. The van der Waals surface area contributed by atoms with Crippen LogP contribution in [0.15, 0.2) is 0 Å². The van der Waals surface area contributed by atoms with Gasteiger partial charge in [0.15, 0.2) is 5.78 Å². The van der Waals surface area contributed by atoms with Crippen LogP contribution in [-0.4, -0.2) is 29.2 Å². The van der Waals surface area contributed by atoms with Crippen LogP contribution in [0.5, 0.6) is 0 Å². The first-order valence-corrected chi connectivity index (χ1v) is 4.32. The Kier molecular flexibility index (Phi) is 4.55. The van der Waals surface area contributed by atoms with Gasteiger partial charge < -0.3 is 4.90 Å². The molecule has 12 heavy (non-hydrogen) atoms. The maximum absolute atomic E-state index is 11.1. The molecule has 0 rings (SSSR count). The van der Waals surface area contributed by atoms with E-state index in [0.29, 0.717) is 13.0 Å². The first kappa shape index (κ1) is 11.1. The Morgan fingerprint density at radius 1 is 1.25 bits per heavy atom. The highest BCUT2D eigenvalue weighted by Crippen LogP contribution is 2.05. The van der Waals surface area contributed by atoms with Crippen molar-refractivity contribution in [1.82, 2.24) is 4.90 Å². The van der Waals surface area contributed by atoms with Crippen molar-refractivity contribution in [3.63, 3.8) is 0 Å². The van der Waals surface area contributed by atoms with Crippen LogP contribution in [0.4, 0.5) is 0 Å². The highest BCUT2D eigenvalue weighted by molar-refractivity contribution is 5.86. The number of amides is 1. The fraction of sp³-hybridized carbons (Fsp3) is 0.778. The van der Waals surface area contributed by atoms with Gasteiger partial charge in [-0.1, -0.05) is 6.92 Å². The van der Waals surface area contributed by atoms with Crippen molar-refractivity contribution in [3.05, 3.63) is 0 Å². The largest absolute Gasteiger partial charge is 0.333 e. The van der Waals surface area contributed by atoms with Gasteiger partial charge in [-0.05, 0) is 20.3 Å². The molecule has 0 radical (unpaired) electrons. The molecule has 0 spiro atoms. The molecule has 70 valence electrons. The monoisotopic (exact) mass is 171 g/mol. The van der Waals surface area contributed by atoms with Crippen LogP contribution in [0.25, 0.3) is 0 Å². The molecule has 1 atom stereocenters. The van der Waals surface area contributed by atoms with Crippen LogP contribution in [0.1, 0.15) is 34.1 Å². The fourth-order valence-electron chi connectivity index (χ4n) is 1.39. The van der Waals surface area contributed by atoms with Crippen molar-refractivity contribution in [1.29, 1.82) is 0 Å². The van der Waals surface area contributed by atoms with E-state index in [-0.39, 0.29) is 17.7 Å². The summed E-state index contributed by atoms with van der Waals surface area (Å²) in [6.45, 7) is 7.42. The predicted octanol–water partition coefficient (Wildman–Crippen LogP) is 1.22. The van der Waals surface area contributed by atoms with E-state index in [2.05, 4.69) is 0 Å². The lowest BCUT2D eigenvalue weighted by molar-refractivity contribution is -0.137. The second kappa shape index (κ2) is 4.91. The minimum Gasteiger partial charge on any atom is -0.333 e. The van der Waals surface area contributed by atoms with Gasteiger partial charge in [-0.15, -0.1) is 0 Å². The number of hydrogen-bond donors (Lipinski definition) is 0. The standard InChI is InChI=1S/C9H17NO2/c1-5-9(7(3)11)10(6-2)8(4)12/h9H,5-6H2,1-4H3/t9-/m0/s1. The van der Waals surface area contributed by atoms with E-state index >= 15 is 0 Å². The van der Waals surface area contributed by atoms with E-state index in [1.165, 1.54) is 13.8 Å². The third kappa shape index (κ3) is 2.64. The van der Waals surface area contributed by atoms with Crippen LogP contribution in [-0.2, 0) is 9.59 Å². The summed E-state index contributed by atoms with van der Waals surface area (Å²) < 4.78 is 0. The van der Waals surface area contributed by atoms with Crippen LogP contribution in [0, 0.1) is 0 Å². The van der Waals surface area contributed by atoms with Gasteiger partial charge in [0.25, 0.3) is 0 Å². The minimum atomic E-state index is -0.229. The predicted molar refractivity (Wildman–Crippen MR) is 47.8 cm³/mol. The Balaban J connectivity index is 4.44. The molecule has 0 saturated heterocycles. The average Bonchev–Trinajstić information content (AvgIpc) is 1.98. The summed E-state index contributed by atoms with van der Waals surface area (Å²) in [5.74, 6) is 0.0362. The Morgan fingerprint density at radius 2 is 1.75 bits per heavy atom. The topological polar surface area (TPSA) is 37.4 Å². The van der Waals surface area contributed by atoms with Gasteiger partial charge in [-0.25, -0.2) is 0 Å². The lowest BCUT2D eigenvalue weighted by Crippen LogP contribution is -2.42. The highest BCUT2D eigenvalue weighted by Gasteiger charge is 2.21. The molecular weight excluding hydrogens is 154 g/mol. The third-order valence-corrected chi connectivity index (χ3v) is 1.98. The first-order chi connectivity index (χ1) is 5.54. The zero-order valence-corrected chi connectivity index (χ0v) is 8.26. The van der Waals surface area contributed by atoms with Crippen molar-refractivity contribution >= 4 is 11.7 Å². The number of Topliss-reactive ketones (excluding diaryl/α,β-unsaturated/α-hetero) is 1. The number of nitrogens with zero attached hydrogens (tertiary/aromatic N) is 1. The number of hydrogen-bond acceptors (Lipinski definition) is 2. The van der Waals surface area contributed by atoms with Gasteiger partial charge in [0.2, 0.25) is 5.91 Å². The van der Waals surface area contributed by atoms with Gasteiger partial charge in [0.1, 0.15) is 0 Å². The lowest BCUT2D eigenvalue weighted by atomic mass is 10.1. The van der Waals surface area contributed by atoms with Crippen LogP contribution < -0.4 is 0 Å². The summed E-state index contributed by atoms with van der Waals surface area (Å²) in [5, 5.41) is 0. The molecule has 0 aliphatic carbocycles. The fourth-order valence-corrected chi connectivity index (χ4v) is 1.39. The van der Waals surface area contributed by atoms with E-state index in [1.807, 2.05) is 13.8 Å². The van der Waals surface area contributed by atoms with Gasteiger partial charge in [-0.3, -0.25) is 9.59 Å². The summed E-state index contributed by atoms with van der Waals surface area (Å²) in [6.07, 6.45) is 0.697. The van der Waals surface area contributed by atoms with Gasteiger partial charge in [0, 0.05) is 13.5 Å². The molecule has 0 fully saturated rings. The van der Waals surface area contributed by atoms with Crippen molar-refractivity contribution in [2.75, 3.05) is 6.54 Å². The Bertz CT molecular complexity index is 157. The minimum absolute atomic E-state index is 0.0282. The molecule has 0 aliphatic rings. The lowest BCUT2D eigenvalue weighted by Gasteiger charge is -2.26. The van der Waals surface area contributed by atoms with Crippen molar-refractivity contribution in [2.45, 2.75) is 40.2 Å². The molecule has 0 N–H and O–H groups in total. The van der Waals surface area contributed by atoms with Crippen LogP contribution in [0.3, 0.4) is 0 Å². The SMILES string of the molecule is CC[C@@H](C(C)=O)N(CC)C(C)=O. The Labute approximate surface area is 73.7 Å². The molecule has 1 amide bonds. The van der Waals surface area contributed by atoms with Crippen molar-refractivity contribution in [2.24, 2.45) is 0 Å². The average molecular weight is 171 g/mol. The molecule has 0 bridgehead atoms. The van der Waals surface area contributed by atoms with Gasteiger partial charge in [-0.2, -0.15) is 0 Å². The second-order valence-electron chi connectivity index (χ2n) is 2.84. The summed E-state index contributed by atoms with van der Waals surface area (Å²) >= 11 is 0. The smallest absolute Gasteiger partial charge is 0.220 e. The van der Waals surface area contributed by atoms with Crippen molar-refractivity contribution in [3.8, 4) is 0 Å². The van der Waals surface area contributed by atoms with Crippen molar-refractivity contribution < 1.29 is 9.59 Å². The maximum atomic E-state index is 11.1. The first-order valence-electron chi connectivity index (χ1n) is 4.32. The normalized spacial score (nSPS) is 12.3. The number of likely N-dealkylation sites (N-methyl/N-ethyl adjacent to an activating group) is 1. The molecule has 3 nitrogen and oxygen atoms in total. The number of carbonyl (C=O) groups excluding carboxylic acids is 2. The Morgan fingerprint density at radius 3 is 1.83 bits per heavy atom. The summed E-state index contributed by atoms with van der Waals surface area (Å²) in [5.41, 5.74) is 0. The quantitative estimate of drug-likeness (QED) is 0.637. The molecule has 0 aromatic carbocycles. The van der Waals surface area contributed by atoms with Gasteiger partial charge in [0.05, 0.1) is 6.04 Å². The summed E-state index contributed by atoms with van der Waals surface area (Å²) in [6, 6.07) is -0.229. The molecule has 0 saturated carbocycles. The molecule has 0 aromatic rings. The van der Waals surface area contributed by atoms with Crippen LogP contribution in [0.2, 0.25) is 0 Å². The van der Waals surface area contributed by atoms with Gasteiger partial charge >= 0.3 is 0 Å². The van der Waals surface area contributed by atoms with E-state index in [4.69, 9.17) is 0 Å². The number of rotatable bonds is 4. The molecule has 3 heteroatoms. The molecule has 0 aliphatic heterocycles. The molecular formula is C9H17NO2. The zero-order chi connectivity index (χ0) is 9.72. The zero-order valence-electron chi connectivity index (χ0n) is 8.26. The molecule has 0 aromatic heterocycles. The number of ketones is 1. The van der Waals surface area contributed by atoms with E-state index in [9.17, 15) is 9.59 Å². The number of carbonyl (C=O) groups is 2.